The van der Waals surface area contributed by atoms with E-state index in [9.17, 15) is 19.5 Å². The van der Waals surface area contributed by atoms with Crippen LogP contribution >= 0.6 is 0 Å². The third-order valence-corrected chi connectivity index (χ3v) is 6.53. The first kappa shape index (κ1) is 22.7. The van der Waals surface area contributed by atoms with Crippen molar-refractivity contribution in [2.45, 2.75) is 39.7 Å². The van der Waals surface area contributed by atoms with Crippen LogP contribution in [0.4, 0.5) is 11.4 Å². The maximum absolute atomic E-state index is 13.6. The molecule has 2 aliphatic rings. The number of carbonyl (C=O) groups excluding carboxylic acids is 2. The fraction of sp³-hybridized carbons (Fsp3) is 0.250. The molecule has 7 heteroatoms. The molecule has 1 atom stereocenters. The van der Waals surface area contributed by atoms with Gasteiger partial charge in [-0.3, -0.25) is 14.5 Å². The van der Waals surface area contributed by atoms with Crippen LogP contribution in [-0.2, 0) is 9.59 Å². The summed E-state index contributed by atoms with van der Waals surface area (Å²) >= 11 is 0. The Balaban J connectivity index is 1.70. The van der Waals surface area contributed by atoms with Gasteiger partial charge in [-0.05, 0) is 48.2 Å². The van der Waals surface area contributed by atoms with Crippen LogP contribution in [0.3, 0.4) is 0 Å². The number of carboxylic acid groups (broad SMARTS) is 1. The molecule has 0 spiro atoms. The van der Waals surface area contributed by atoms with E-state index in [1.54, 1.807) is 29.2 Å². The van der Waals surface area contributed by atoms with E-state index in [4.69, 9.17) is 4.42 Å². The molecule has 1 aliphatic carbocycles. The second kappa shape index (κ2) is 8.27. The van der Waals surface area contributed by atoms with Gasteiger partial charge in [-0.25, -0.2) is 4.79 Å². The largest absolute Gasteiger partial charge is 0.478 e. The van der Waals surface area contributed by atoms with Crippen molar-refractivity contribution >= 4 is 29.0 Å². The van der Waals surface area contributed by atoms with E-state index in [1.165, 1.54) is 19.1 Å². The molecule has 1 aliphatic heterocycles. The van der Waals surface area contributed by atoms with Crippen LogP contribution in [0.15, 0.2) is 76.4 Å². The lowest BCUT2D eigenvalue weighted by molar-refractivity contribution is -0.118. The SMILES string of the molecule is CC(=O)N1c2ccccc2NC2=C(C(=O)CC(C)(C)C2)C1c1ccc(-c2cccc(C(=O)O)c2)o1. The maximum Gasteiger partial charge on any atom is 0.335 e. The number of benzene rings is 2. The first-order chi connectivity index (χ1) is 16.6. The number of carbonyl (C=O) groups is 3. The van der Waals surface area contributed by atoms with Crippen molar-refractivity contribution in [1.29, 1.82) is 0 Å². The number of nitrogens with zero attached hydrogens (tertiary/aromatic N) is 1. The highest BCUT2D eigenvalue weighted by Crippen LogP contribution is 2.48. The molecular weight excluding hydrogens is 444 g/mol. The quantitative estimate of drug-likeness (QED) is 0.501. The summed E-state index contributed by atoms with van der Waals surface area (Å²) in [6.07, 6.45) is 1.01. The molecular formula is C28H26N2O5. The summed E-state index contributed by atoms with van der Waals surface area (Å²) in [6, 6.07) is 16.7. The van der Waals surface area contributed by atoms with Crippen LogP contribution in [0.2, 0.25) is 0 Å². The molecule has 0 saturated carbocycles. The van der Waals surface area contributed by atoms with Crippen molar-refractivity contribution in [3.63, 3.8) is 0 Å². The molecule has 0 saturated heterocycles. The molecule has 5 rings (SSSR count). The zero-order chi connectivity index (χ0) is 24.9. The zero-order valence-electron chi connectivity index (χ0n) is 19.8. The average Bonchev–Trinajstić information content (AvgIpc) is 3.22. The van der Waals surface area contributed by atoms with Crippen molar-refractivity contribution in [2.24, 2.45) is 5.41 Å². The Bertz CT molecular complexity index is 1400. The third-order valence-electron chi connectivity index (χ3n) is 6.53. The van der Waals surface area contributed by atoms with Gasteiger partial charge in [0.2, 0.25) is 5.91 Å². The minimum atomic E-state index is -1.03. The molecule has 2 N–H and O–H groups in total. The van der Waals surface area contributed by atoms with Gasteiger partial charge in [0.05, 0.1) is 16.9 Å². The number of anilines is 2. The molecule has 2 aromatic carbocycles. The number of hydrogen-bond acceptors (Lipinski definition) is 5. The summed E-state index contributed by atoms with van der Waals surface area (Å²) in [5.41, 5.74) is 3.25. The molecule has 0 fully saturated rings. The van der Waals surface area contributed by atoms with Crippen LogP contribution < -0.4 is 10.2 Å². The number of aromatic carboxylic acids is 1. The number of furan rings is 1. The topological polar surface area (TPSA) is 99.9 Å². The number of fused-ring (bicyclic) bond motifs is 1. The Morgan fingerprint density at radius 1 is 1.06 bits per heavy atom. The second-order valence-electron chi connectivity index (χ2n) is 9.85. The monoisotopic (exact) mass is 470 g/mol. The van der Waals surface area contributed by atoms with Gasteiger partial charge in [0, 0.05) is 30.2 Å². The second-order valence-corrected chi connectivity index (χ2v) is 9.85. The number of rotatable bonds is 3. The number of Topliss-reactive ketones (excluding diaryl/α,β-unsaturated/α-hetero) is 1. The first-order valence-corrected chi connectivity index (χ1v) is 11.5. The fourth-order valence-electron chi connectivity index (χ4n) is 5.07. The molecule has 7 nitrogen and oxygen atoms in total. The predicted molar refractivity (Wildman–Crippen MR) is 132 cm³/mol. The average molecular weight is 471 g/mol. The van der Waals surface area contributed by atoms with E-state index in [0.29, 0.717) is 41.2 Å². The number of nitrogens with one attached hydrogen (secondary N) is 1. The number of para-hydroxylation sites is 2. The van der Waals surface area contributed by atoms with Crippen molar-refractivity contribution < 1.29 is 23.9 Å². The minimum absolute atomic E-state index is 0.0290. The third kappa shape index (κ3) is 4.03. The van der Waals surface area contributed by atoms with Crippen molar-refractivity contribution in [3.05, 3.63) is 83.3 Å². The van der Waals surface area contributed by atoms with E-state index < -0.39 is 12.0 Å². The molecule has 0 radical (unpaired) electrons. The van der Waals surface area contributed by atoms with Crippen LogP contribution in [0.1, 0.15) is 55.8 Å². The Morgan fingerprint density at radius 3 is 2.57 bits per heavy atom. The Labute approximate surface area is 203 Å². The molecule has 1 unspecified atom stereocenters. The fourth-order valence-corrected chi connectivity index (χ4v) is 5.07. The summed E-state index contributed by atoms with van der Waals surface area (Å²) in [5, 5.41) is 12.8. The van der Waals surface area contributed by atoms with Gasteiger partial charge in [-0.2, -0.15) is 0 Å². The highest BCUT2D eigenvalue weighted by molar-refractivity contribution is 6.05. The smallest absolute Gasteiger partial charge is 0.335 e. The van der Waals surface area contributed by atoms with Crippen molar-refractivity contribution in [2.75, 3.05) is 10.2 Å². The molecule has 35 heavy (non-hydrogen) atoms. The number of amides is 1. The first-order valence-electron chi connectivity index (χ1n) is 11.5. The standard InChI is InChI=1S/C28H26N2O5/c1-16(31)30-21-10-5-4-9-19(21)29-20-14-28(2,3)15-22(32)25(20)26(30)24-12-11-23(35-24)17-7-6-8-18(13-17)27(33)34/h4-13,26,29H,14-15H2,1-3H3,(H,33,34). The summed E-state index contributed by atoms with van der Waals surface area (Å²) in [6.45, 7) is 5.60. The summed E-state index contributed by atoms with van der Waals surface area (Å²) in [4.78, 5) is 39.7. The normalized spacial score (nSPS) is 18.9. The van der Waals surface area contributed by atoms with Crippen LogP contribution in [0.25, 0.3) is 11.3 Å². The summed E-state index contributed by atoms with van der Waals surface area (Å²) in [7, 11) is 0. The van der Waals surface area contributed by atoms with Crippen LogP contribution in [0.5, 0.6) is 0 Å². The zero-order valence-corrected chi connectivity index (χ0v) is 19.8. The number of ketones is 1. The molecule has 3 aromatic rings. The van der Waals surface area contributed by atoms with E-state index in [1.807, 2.05) is 24.3 Å². The van der Waals surface area contributed by atoms with Gasteiger partial charge in [0.15, 0.2) is 5.78 Å². The van der Waals surface area contributed by atoms with E-state index in [2.05, 4.69) is 19.2 Å². The minimum Gasteiger partial charge on any atom is -0.478 e. The van der Waals surface area contributed by atoms with Crippen LogP contribution in [-0.4, -0.2) is 22.8 Å². The molecule has 1 amide bonds. The number of allylic oxidation sites excluding steroid dienone is 1. The Kier molecular flexibility index (Phi) is 5.35. The highest BCUT2D eigenvalue weighted by Gasteiger charge is 2.43. The van der Waals surface area contributed by atoms with Gasteiger partial charge in [-0.15, -0.1) is 0 Å². The summed E-state index contributed by atoms with van der Waals surface area (Å²) in [5.74, 6) is -0.379. The van der Waals surface area contributed by atoms with E-state index >= 15 is 0 Å². The van der Waals surface area contributed by atoms with E-state index in [-0.39, 0.29) is 22.7 Å². The lowest BCUT2D eigenvalue weighted by Crippen LogP contribution is -2.38. The lowest BCUT2D eigenvalue weighted by atomic mass is 9.74. The van der Waals surface area contributed by atoms with Crippen molar-refractivity contribution in [1.82, 2.24) is 0 Å². The number of carboxylic acids is 1. The van der Waals surface area contributed by atoms with Gasteiger partial charge >= 0.3 is 5.97 Å². The van der Waals surface area contributed by atoms with Crippen molar-refractivity contribution in [3.8, 4) is 11.3 Å². The van der Waals surface area contributed by atoms with Crippen LogP contribution in [0, 0.1) is 5.41 Å². The van der Waals surface area contributed by atoms with Gasteiger partial charge in [-0.1, -0.05) is 38.1 Å². The Hall–Kier alpha value is -4.13. The van der Waals surface area contributed by atoms with E-state index in [0.717, 1.165) is 11.4 Å². The highest BCUT2D eigenvalue weighted by atomic mass is 16.4. The molecule has 0 bridgehead atoms. The lowest BCUT2D eigenvalue weighted by Gasteiger charge is -2.35. The Morgan fingerprint density at radius 2 is 1.83 bits per heavy atom. The molecule has 1 aromatic heterocycles. The number of hydrogen-bond donors (Lipinski definition) is 2. The molecule has 178 valence electrons. The maximum atomic E-state index is 13.6. The predicted octanol–water partition coefficient (Wildman–Crippen LogP) is 5.81. The summed E-state index contributed by atoms with van der Waals surface area (Å²) < 4.78 is 6.24. The van der Waals surface area contributed by atoms with Gasteiger partial charge in [0.25, 0.3) is 0 Å². The molecule has 2 heterocycles. The van der Waals surface area contributed by atoms with Gasteiger partial charge in [0.1, 0.15) is 17.6 Å². The van der Waals surface area contributed by atoms with Gasteiger partial charge < -0.3 is 14.8 Å².